The summed E-state index contributed by atoms with van der Waals surface area (Å²) in [5.74, 6) is -0.212. The Morgan fingerprint density at radius 3 is 2.59 bits per heavy atom. The standard InChI is InChI=1S/C18H22FN5O3/c1-14-17(24(26)27)13-23(20-14)7-6-18(25)22-10-8-21(9-11-22)12-15-4-2-3-5-16(15)19/h2-5,13H,6-12H2,1H3. The van der Waals surface area contributed by atoms with Gasteiger partial charge in [-0.15, -0.1) is 0 Å². The number of amides is 1. The maximum absolute atomic E-state index is 13.7. The fraction of sp³-hybridized carbons (Fsp3) is 0.444. The molecule has 0 saturated carbocycles. The van der Waals surface area contributed by atoms with Gasteiger partial charge in [0.1, 0.15) is 17.7 Å². The molecule has 1 aromatic carbocycles. The Morgan fingerprint density at radius 2 is 1.96 bits per heavy atom. The Hall–Kier alpha value is -2.81. The van der Waals surface area contributed by atoms with E-state index in [-0.39, 0.29) is 23.8 Å². The monoisotopic (exact) mass is 375 g/mol. The lowest BCUT2D eigenvalue weighted by atomic mass is 10.2. The molecule has 0 bridgehead atoms. The van der Waals surface area contributed by atoms with Crippen molar-refractivity contribution < 1.29 is 14.1 Å². The van der Waals surface area contributed by atoms with Crippen LogP contribution in [0.1, 0.15) is 17.7 Å². The predicted octanol–water partition coefficient (Wildman–Crippen LogP) is 1.97. The summed E-state index contributed by atoms with van der Waals surface area (Å²) in [6, 6.07) is 6.72. The minimum absolute atomic E-state index is 0.00338. The van der Waals surface area contributed by atoms with Crippen LogP contribution < -0.4 is 0 Å². The first-order valence-corrected chi connectivity index (χ1v) is 8.86. The number of benzene rings is 1. The third-order valence-electron chi connectivity index (χ3n) is 4.75. The van der Waals surface area contributed by atoms with Gasteiger partial charge in [-0.05, 0) is 13.0 Å². The molecule has 0 atom stereocenters. The number of carbonyl (C=O) groups excluding carboxylic acids is 1. The molecule has 1 aliphatic rings. The minimum Gasteiger partial charge on any atom is -0.340 e. The van der Waals surface area contributed by atoms with Crippen LogP contribution in [0.3, 0.4) is 0 Å². The van der Waals surface area contributed by atoms with Gasteiger partial charge in [0.2, 0.25) is 5.91 Å². The molecule has 2 heterocycles. The summed E-state index contributed by atoms with van der Waals surface area (Å²) in [5, 5.41) is 14.9. The number of piperazine rings is 1. The number of aromatic nitrogens is 2. The van der Waals surface area contributed by atoms with Crippen LogP contribution in [0.4, 0.5) is 10.1 Å². The molecule has 144 valence electrons. The lowest BCUT2D eigenvalue weighted by Gasteiger charge is -2.34. The summed E-state index contributed by atoms with van der Waals surface area (Å²) in [5.41, 5.74) is 0.964. The number of aryl methyl sites for hydroxylation is 2. The van der Waals surface area contributed by atoms with Crippen molar-refractivity contribution in [3.05, 3.63) is 57.7 Å². The Labute approximate surface area is 156 Å². The third kappa shape index (κ3) is 4.68. The smallest absolute Gasteiger partial charge is 0.309 e. The molecule has 1 aliphatic heterocycles. The average molecular weight is 375 g/mol. The van der Waals surface area contributed by atoms with Crippen molar-refractivity contribution >= 4 is 11.6 Å². The van der Waals surface area contributed by atoms with Gasteiger partial charge < -0.3 is 4.90 Å². The minimum atomic E-state index is -0.477. The van der Waals surface area contributed by atoms with Crippen molar-refractivity contribution in [2.75, 3.05) is 26.2 Å². The fourth-order valence-corrected chi connectivity index (χ4v) is 3.19. The highest BCUT2D eigenvalue weighted by atomic mass is 19.1. The van der Waals surface area contributed by atoms with Crippen LogP contribution in [0.2, 0.25) is 0 Å². The van der Waals surface area contributed by atoms with Gasteiger partial charge in [0, 0.05) is 51.3 Å². The van der Waals surface area contributed by atoms with Gasteiger partial charge in [-0.3, -0.25) is 24.5 Å². The highest BCUT2D eigenvalue weighted by Crippen LogP contribution is 2.16. The highest BCUT2D eigenvalue weighted by molar-refractivity contribution is 5.76. The van der Waals surface area contributed by atoms with Crippen molar-refractivity contribution in [2.24, 2.45) is 0 Å². The summed E-state index contributed by atoms with van der Waals surface area (Å²) in [4.78, 5) is 26.7. The first-order valence-electron chi connectivity index (χ1n) is 8.86. The molecular formula is C18H22FN5O3. The molecule has 0 radical (unpaired) electrons. The lowest BCUT2D eigenvalue weighted by molar-refractivity contribution is -0.385. The summed E-state index contributed by atoms with van der Waals surface area (Å²) in [7, 11) is 0. The van der Waals surface area contributed by atoms with Gasteiger partial charge in [-0.25, -0.2) is 4.39 Å². The van der Waals surface area contributed by atoms with Crippen molar-refractivity contribution in [1.29, 1.82) is 0 Å². The van der Waals surface area contributed by atoms with E-state index in [0.717, 1.165) is 0 Å². The van der Waals surface area contributed by atoms with Crippen molar-refractivity contribution in [1.82, 2.24) is 19.6 Å². The summed E-state index contributed by atoms with van der Waals surface area (Å²) < 4.78 is 15.2. The lowest BCUT2D eigenvalue weighted by Crippen LogP contribution is -2.48. The largest absolute Gasteiger partial charge is 0.340 e. The zero-order valence-corrected chi connectivity index (χ0v) is 15.2. The molecule has 2 aromatic rings. The Morgan fingerprint density at radius 1 is 1.26 bits per heavy atom. The second kappa shape index (κ2) is 8.26. The second-order valence-electron chi connectivity index (χ2n) is 6.62. The molecule has 0 spiro atoms. The van der Waals surface area contributed by atoms with Crippen LogP contribution in [-0.4, -0.2) is 56.6 Å². The van der Waals surface area contributed by atoms with Crippen LogP contribution in [-0.2, 0) is 17.9 Å². The van der Waals surface area contributed by atoms with Crippen LogP contribution in [0, 0.1) is 22.9 Å². The van der Waals surface area contributed by atoms with Gasteiger partial charge in [-0.1, -0.05) is 18.2 Å². The van der Waals surface area contributed by atoms with Gasteiger partial charge in [0.25, 0.3) is 0 Å². The number of nitro groups is 1. The quantitative estimate of drug-likeness (QED) is 0.569. The van der Waals surface area contributed by atoms with Gasteiger partial charge in [0.15, 0.2) is 0 Å². The van der Waals surface area contributed by atoms with Crippen LogP contribution >= 0.6 is 0 Å². The van der Waals surface area contributed by atoms with Crippen molar-refractivity contribution in [2.45, 2.75) is 26.4 Å². The molecule has 1 amide bonds. The van der Waals surface area contributed by atoms with E-state index in [1.807, 2.05) is 6.07 Å². The van der Waals surface area contributed by atoms with Crippen LogP contribution in [0.15, 0.2) is 30.5 Å². The topological polar surface area (TPSA) is 84.5 Å². The Kier molecular flexibility index (Phi) is 5.80. The fourth-order valence-electron chi connectivity index (χ4n) is 3.19. The van der Waals surface area contributed by atoms with Crippen molar-refractivity contribution in [3.8, 4) is 0 Å². The zero-order valence-electron chi connectivity index (χ0n) is 15.2. The van der Waals surface area contributed by atoms with E-state index in [1.165, 1.54) is 16.9 Å². The number of hydrogen-bond acceptors (Lipinski definition) is 5. The molecule has 8 nitrogen and oxygen atoms in total. The number of halogens is 1. The van der Waals surface area contributed by atoms with E-state index >= 15 is 0 Å². The molecule has 1 aromatic heterocycles. The van der Waals surface area contributed by atoms with Crippen LogP contribution in [0.25, 0.3) is 0 Å². The number of rotatable bonds is 6. The molecule has 1 saturated heterocycles. The zero-order chi connectivity index (χ0) is 19.4. The number of carbonyl (C=O) groups is 1. The van der Waals surface area contributed by atoms with Gasteiger partial charge >= 0.3 is 5.69 Å². The van der Waals surface area contributed by atoms with Gasteiger partial charge in [-0.2, -0.15) is 5.10 Å². The SMILES string of the molecule is Cc1nn(CCC(=O)N2CCN(Cc3ccccc3F)CC2)cc1[N+](=O)[O-]. The van der Waals surface area contributed by atoms with Crippen molar-refractivity contribution in [3.63, 3.8) is 0 Å². The molecule has 0 unspecified atom stereocenters. The van der Waals surface area contributed by atoms with Gasteiger partial charge in [0.05, 0.1) is 4.92 Å². The first-order chi connectivity index (χ1) is 12.9. The first kappa shape index (κ1) is 19.0. The maximum Gasteiger partial charge on any atom is 0.309 e. The normalized spacial score (nSPS) is 15.1. The third-order valence-corrected chi connectivity index (χ3v) is 4.75. The Balaban J connectivity index is 1.46. The van der Waals surface area contributed by atoms with E-state index in [1.54, 1.807) is 24.0 Å². The Bertz CT molecular complexity index is 830. The maximum atomic E-state index is 13.7. The summed E-state index contributed by atoms with van der Waals surface area (Å²) >= 11 is 0. The molecule has 3 rings (SSSR count). The average Bonchev–Trinajstić information content (AvgIpc) is 3.03. The van der Waals surface area contributed by atoms with E-state index < -0.39 is 4.92 Å². The number of hydrogen-bond donors (Lipinski definition) is 0. The molecule has 9 heteroatoms. The predicted molar refractivity (Wildman–Crippen MR) is 96.5 cm³/mol. The highest BCUT2D eigenvalue weighted by Gasteiger charge is 2.22. The molecular weight excluding hydrogens is 353 g/mol. The summed E-state index contributed by atoms with van der Waals surface area (Å²) in [6.07, 6.45) is 1.60. The van der Waals surface area contributed by atoms with Crippen LogP contribution in [0.5, 0.6) is 0 Å². The molecule has 0 aliphatic carbocycles. The van der Waals surface area contributed by atoms with E-state index in [0.29, 0.717) is 50.5 Å². The van der Waals surface area contributed by atoms with E-state index in [9.17, 15) is 19.3 Å². The molecule has 27 heavy (non-hydrogen) atoms. The molecule has 0 N–H and O–H groups in total. The van der Waals surface area contributed by atoms with E-state index in [2.05, 4.69) is 10.00 Å². The summed E-state index contributed by atoms with van der Waals surface area (Å²) in [6.45, 7) is 4.97. The second-order valence-corrected chi connectivity index (χ2v) is 6.62. The molecule has 1 fully saturated rings. The van der Waals surface area contributed by atoms with E-state index in [4.69, 9.17) is 0 Å². The number of nitrogens with zero attached hydrogens (tertiary/aromatic N) is 5.